The number of nitrogens with zero attached hydrogens (tertiary/aromatic N) is 1. The van der Waals surface area contributed by atoms with E-state index in [1.165, 1.54) is 0 Å². The lowest BCUT2D eigenvalue weighted by Gasteiger charge is -2.34. The molecule has 3 atom stereocenters. The highest BCUT2D eigenvalue weighted by atomic mass is 19.3. The first-order valence-corrected chi connectivity index (χ1v) is 6.54. The number of ether oxygens (including phenoxy) is 2. The molecule has 114 valence electrons. The molecule has 1 N–H and O–H groups in total. The SMILES string of the molecule is C/C=C/COC(O)N1C2CCC1(C(=O)OC)CC2(F)F. The van der Waals surface area contributed by atoms with Crippen LogP contribution >= 0.6 is 0 Å². The van der Waals surface area contributed by atoms with Gasteiger partial charge in [-0.2, -0.15) is 0 Å². The van der Waals surface area contributed by atoms with Gasteiger partial charge in [0.1, 0.15) is 5.54 Å². The number of hydrogen-bond acceptors (Lipinski definition) is 5. The van der Waals surface area contributed by atoms with E-state index in [4.69, 9.17) is 4.74 Å². The van der Waals surface area contributed by atoms with Crippen LogP contribution in [0.15, 0.2) is 12.2 Å². The molecule has 0 aromatic rings. The molecule has 20 heavy (non-hydrogen) atoms. The Bertz CT molecular complexity index is 415. The van der Waals surface area contributed by atoms with Gasteiger partial charge in [0.2, 0.25) is 6.41 Å². The Labute approximate surface area is 116 Å². The Hall–Kier alpha value is -1.05. The zero-order valence-corrected chi connectivity index (χ0v) is 11.5. The van der Waals surface area contributed by atoms with Gasteiger partial charge < -0.3 is 14.6 Å². The Morgan fingerprint density at radius 3 is 2.85 bits per heavy atom. The average Bonchev–Trinajstić information content (AvgIpc) is 2.88. The molecule has 0 amide bonds. The number of hydrogen-bond donors (Lipinski definition) is 1. The lowest BCUT2D eigenvalue weighted by atomic mass is 9.85. The molecular weight excluding hydrogens is 272 g/mol. The van der Waals surface area contributed by atoms with Crippen molar-refractivity contribution in [1.29, 1.82) is 0 Å². The van der Waals surface area contributed by atoms with Gasteiger partial charge in [0.25, 0.3) is 5.92 Å². The Balaban J connectivity index is 2.23. The highest BCUT2D eigenvalue weighted by Crippen LogP contribution is 2.55. The Kier molecular flexibility index (Phi) is 4.13. The van der Waals surface area contributed by atoms with Crippen LogP contribution < -0.4 is 0 Å². The topological polar surface area (TPSA) is 59.0 Å². The molecule has 0 aliphatic carbocycles. The molecule has 0 spiro atoms. The fraction of sp³-hybridized carbons (Fsp3) is 0.769. The van der Waals surface area contributed by atoms with E-state index in [0.29, 0.717) is 0 Å². The van der Waals surface area contributed by atoms with Crippen molar-refractivity contribution in [2.75, 3.05) is 13.7 Å². The van der Waals surface area contributed by atoms with E-state index >= 15 is 0 Å². The van der Waals surface area contributed by atoms with E-state index in [0.717, 1.165) is 12.0 Å². The smallest absolute Gasteiger partial charge is 0.326 e. The van der Waals surface area contributed by atoms with Crippen LogP contribution in [-0.2, 0) is 14.3 Å². The zero-order chi connectivity index (χ0) is 15.0. The third kappa shape index (κ3) is 2.23. The minimum absolute atomic E-state index is 0.0870. The van der Waals surface area contributed by atoms with Crippen LogP contribution in [0.5, 0.6) is 0 Å². The molecule has 2 fully saturated rings. The summed E-state index contributed by atoms with van der Waals surface area (Å²) in [6.07, 6.45) is 1.55. The third-order valence-corrected chi connectivity index (χ3v) is 4.06. The minimum atomic E-state index is -3.03. The maximum Gasteiger partial charge on any atom is 0.326 e. The summed E-state index contributed by atoms with van der Waals surface area (Å²) >= 11 is 0. The third-order valence-electron chi connectivity index (χ3n) is 4.06. The fourth-order valence-corrected chi connectivity index (χ4v) is 3.20. The van der Waals surface area contributed by atoms with E-state index in [-0.39, 0.29) is 19.4 Å². The van der Waals surface area contributed by atoms with Crippen LogP contribution in [0.2, 0.25) is 0 Å². The van der Waals surface area contributed by atoms with Crippen molar-refractivity contribution >= 4 is 5.97 Å². The first kappa shape index (κ1) is 15.3. The second kappa shape index (κ2) is 5.38. The van der Waals surface area contributed by atoms with Crippen LogP contribution in [-0.4, -0.2) is 53.6 Å². The predicted octanol–water partition coefficient (Wildman–Crippen LogP) is 1.27. The van der Waals surface area contributed by atoms with Gasteiger partial charge in [0.05, 0.1) is 19.8 Å². The summed E-state index contributed by atoms with van der Waals surface area (Å²) in [6, 6.07) is -1.19. The molecule has 0 aromatic heterocycles. The van der Waals surface area contributed by atoms with Crippen molar-refractivity contribution in [2.24, 2.45) is 0 Å². The van der Waals surface area contributed by atoms with E-state index in [2.05, 4.69) is 4.74 Å². The van der Waals surface area contributed by atoms with E-state index in [9.17, 15) is 18.7 Å². The normalized spacial score (nSPS) is 33.8. The number of fused-ring (bicyclic) bond motifs is 2. The van der Waals surface area contributed by atoms with Gasteiger partial charge >= 0.3 is 5.97 Å². The summed E-state index contributed by atoms with van der Waals surface area (Å²) in [5, 5.41) is 10.0. The van der Waals surface area contributed by atoms with Crippen LogP contribution in [0.1, 0.15) is 26.2 Å². The van der Waals surface area contributed by atoms with Crippen LogP contribution in [0.3, 0.4) is 0 Å². The van der Waals surface area contributed by atoms with E-state index in [1.807, 2.05) is 0 Å². The number of methoxy groups -OCH3 is 1. The van der Waals surface area contributed by atoms with Crippen molar-refractivity contribution in [2.45, 2.75) is 50.1 Å². The maximum atomic E-state index is 13.9. The van der Waals surface area contributed by atoms with Crippen LogP contribution in [0.25, 0.3) is 0 Å². The van der Waals surface area contributed by atoms with E-state index < -0.39 is 36.3 Å². The summed E-state index contributed by atoms with van der Waals surface area (Å²) in [5.74, 6) is -3.77. The minimum Gasteiger partial charge on any atom is -0.468 e. The molecule has 0 saturated carbocycles. The fourth-order valence-electron chi connectivity index (χ4n) is 3.20. The van der Waals surface area contributed by atoms with Crippen molar-refractivity contribution in [1.82, 2.24) is 4.90 Å². The first-order chi connectivity index (χ1) is 9.39. The average molecular weight is 291 g/mol. The lowest BCUT2D eigenvalue weighted by molar-refractivity contribution is -0.219. The van der Waals surface area contributed by atoms with Gasteiger partial charge in [-0.3, -0.25) is 4.79 Å². The van der Waals surface area contributed by atoms with Gasteiger partial charge in [-0.25, -0.2) is 13.7 Å². The molecule has 2 aliphatic heterocycles. The molecule has 2 heterocycles. The maximum absolute atomic E-state index is 13.9. The number of carbonyl (C=O) groups is 1. The molecular formula is C13H19F2NO4. The number of esters is 1. The zero-order valence-electron chi connectivity index (χ0n) is 11.5. The molecule has 2 bridgehead atoms. The number of aliphatic hydroxyl groups excluding tert-OH is 1. The summed E-state index contributed by atoms with van der Waals surface area (Å²) < 4.78 is 37.7. The molecule has 2 rings (SSSR count). The number of carbonyl (C=O) groups excluding carboxylic acids is 1. The summed E-state index contributed by atoms with van der Waals surface area (Å²) in [6.45, 7) is 1.86. The Morgan fingerprint density at radius 1 is 1.60 bits per heavy atom. The molecule has 0 radical (unpaired) electrons. The highest BCUT2D eigenvalue weighted by Gasteiger charge is 2.71. The van der Waals surface area contributed by atoms with Crippen molar-refractivity contribution in [3.8, 4) is 0 Å². The molecule has 5 nitrogen and oxygen atoms in total. The number of halogens is 2. The van der Waals surface area contributed by atoms with Crippen molar-refractivity contribution < 1.29 is 28.2 Å². The Morgan fingerprint density at radius 2 is 2.30 bits per heavy atom. The van der Waals surface area contributed by atoms with Crippen molar-refractivity contribution in [3.05, 3.63) is 12.2 Å². The van der Waals surface area contributed by atoms with Gasteiger partial charge in [-0.1, -0.05) is 12.2 Å². The predicted molar refractivity (Wildman–Crippen MR) is 65.9 cm³/mol. The van der Waals surface area contributed by atoms with Gasteiger partial charge in [-0.05, 0) is 19.8 Å². The lowest BCUT2D eigenvalue weighted by Crippen LogP contribution is -2.54. The summed E-state index contributed by atoms with van der Waals surface area (Å²) in [4.78, 5) is 13.0. The molecule has 0 aromatic carbocycles. The van der Waals surface area contributed by atoms with Gasteiger partial charge in [0, 0.05) is 6.42 Å². The molecule has 7 heteroatoms. The second-order valence-corrected chi connectivity index (χ2v) is 5.15. The van der Waals surface area contributed by atoms with Crippen LogP contribution in [0, 0.1) is 0 Å². The number of alkyl halides is 2. The number of allylic oxidation sites excluding steroid dienone is 1. The standard InChI is InChI=1S/C13H19F2NO4/c1-3-4-7-20-11(18)16-9-5-6-12(16,10(17)19-2)8-13(9,14)15/h3-4,9,11,18H,5-8H2,1-2H3/b4-3+. The number of aliphatic hydroxyl groups is 1. The number of rotatable bonds is 5. The first-order valence-electron chi connectivity index (χ1n) is 6.54. The quantitative estimate of drug-likeness (QED) is 0.469. The molecule has 2 saturated heterocycles. The molecule has 3 unspecified atom stereocenters. The highest BCUT2D eigenvalue weighted by molar-refractivity contribution is 5.82. The summed E-state index contributed by atoms with van der Waals surface area (Å²) in [5.41, 5.74) is -1.49. The largest absolute Gasteiger partial charge is 0.468 e. The van der Waals surface area contributed by atoms with Crippen molar-refractivity contribution in [3.63, 3.8) is 0 Å². The monoisotopic (exact) mass is 291 g/mol. The van der Waals surface area contributed by atoms with E-state index in [1.54, 1.807) is 19.1 Å². The van der Waals surface area contributed by atoms with Crippen LogP contribution in [0.4, 0.5) is 8.78 Å². The molecule has 2 aliphatic rings. The summed E-state index contributed by atoms with van der Waals surface area (Å²) in [7, 11) is 1.16. The van der Waals surface area contributed by atoms with Gasteiger partial charge in [-0.15, -0.1) is 0 Å². The second-order valence-electron chi connectivity index (χ2n) is 5.15. The van der Waals surface area contributed by atoms with Gasteiger partial charge in [0.15, 0.2) is 0 Å².